The fraction of sp³-hybridized carbons (Fsp3) is 0.192. The minimum absolute atomic E-state index is 0.0437. The van der Waals surface area contributed by atoms with Crippen molar-refractivity contribution in [2.24, 2.45) is 0 Å². The molecule has 0 spiro atoms. The van der Waals surface area contributed by atoms with Gasteiger partial charge in [0.15, 0.2) is 0 Å². The Balaban J connectivity index is 1.68. The fourth-order valence-electron chi connectivity index (χ4n) is 3.78. The van der Waals surface area contributed by atoms with Crippen molar-refractivity contribution >= 4 is 28.4 Å². The molecule has 0 saturated heterocycles. The summed E-state index contributed by atoms with van der Waals surface area (Å²) in [6.07, 6.45) is 2.25. The third-order valence-corrected chi connectivity index (χ3v) is 5.54. The highest BCUT2D eigenvalue weighted by Crippen LogP contribution is 2.36. The van der Waals surface area contributed by atoms with Crippen molar-refractivity contribution in [1.82, 2.24) is 10.3 Å². The van der Waals surface area contributed by atoms with Crippen LogP contribution < -0.4 is 10.1 Å². The molecule has 0 aliphatic carbocycles. The number of nitrogens with one attached hydrogen (secondary N) is 2. The number of carbonyl (C=O) groups is 1. The van der Waals surface area contributed by atoms with E-state index in [9.17, 15) is 4.79 Å². The van der Waals surface area contributed by atoms with E-state index in [1.165, 1.54) is 0 Å². The number of aromatic nitrogens is 1. The maximum atomic E-state index is 12.7. The first kappa shape index (κ1) is 21.9. The van der Waals surface area contributed by atoms with Gasteiger partial charge in [-0.1, -0.05) is 41.9 Å². The average molecular weight is 449 g/mol. The molecule has 6 heteroatoms. The highest BCUT2D eigenvalue weighted by atomic mass is 35.5. The summed E-state index contributed by atoms with van der Waals surface area (Å²) in [5.74, 6) is 1.26. The second-order valence-corrected chi connectivity index (χ2v) is 7.96. The molecule has 32 heavy (non-hydrogen) atoms. The molecule has 1 heterocycles. The zero-order chi connectivity index (χ0) is 22.3. The monoisotopic (exact) mass is 448 g/mol. The van der Waals surface area contributed by atoms with Crippen LogP contribution in [0.4, 0.5) is 0 Å². The predicted molar refractivity (Wildman–Crippen MR) is 128 cm³/mol. The standard InChI is InChI=1S/C26H25ClN2O3/c1-31-13-12-28-26(30)16-22(24-17-29-25-11-10-19(27)15-23(24)25)18-6-5-9-21(14-18)32-20-7-3-2-4-8-20/h2-11,14-15,17,22,29H,12-13,16H2,1H3,(H,28,30). The largest absolute Gasteiger partial charge is 0.457 e. The third kappa shape index (κ3) is 5.31. The van der Waals surface area contributed by atoms with Crippen molar-refractivity contribution in [2.75, 3.05) is 20.3 Å². The summed E-state index contributed by atoms with van der Waals surface area (Å²) >= 11 is 6.28. The topological polar surface area (TPSA) is 63.4 Å². The smallest absolute Gasteiger partial charge is 0.221 e. The van der Waals surface area contributed by atoms with Crippen LogP contribution in [0.3, 0.4) is 0 Å². The highest BCUT2D eigenvalue weighted by molar-refractivity contribution is 6.31. The molecule has 2 N–H and O–H groups in total. The van der Waals surface area contributed by atoms with Gasteiger partial charge in [0.25, 0.3) is 0 Å². The number of para-hydroxylation sites is 1. The number of hydrogen-bond acceptors (Lipinski definition) is 3. The number of rotatable bonds is 9. The van der Waals surface area contributed by atoms with Crippen LogP contribution in [-0.4, -0.2) is 31.2 Å². The van der Waals surface area contributed by atoms with Gasteiger partial charge in [0.2, 0.25) is 5.91 Å². The Bertz CT molecular complexity index is 1190. The Morgan fingerprint density at radius 1 is 1.03 bits per heavy atom. The second kappa shape index (κ2) is 10.4. The number of amides is 1. The summed E-state index contributed by atoms with van der Waals surface area (Å²) in [5.41, 5.74) is 2.98. The summed E-state index contributed by atoms with van der Waals surface area (Å²) in [6.45, 7) is 0.943. The molecule has 5 nitrogen and oxygen atoms in total. The van der Waals surface area contributed by atoms with Gasteiger partial charge in [0, 0.05) is 48.1 Å². The van der Waals surface area contributed by atoms with E-state index in [4.69, 9.17) is 21.1 Å². The third-order valence-electron chi connectivity index (χ3n) is 5.31. The molecule has 1 atom stereocenters. The quantitative estimate of drug-likeness (QED) is 0.313. The van der Waals surface area contributed by atoms with Gasteiger partial charge < -0.3 is 19.8 Å². The molecule has 4 rings (SSSR count). The van der Waals surface area contributed by atoms with Crippen LogP contribution in [-0.2, 0) is 9.53 Å². The summed E-state index contributed by atoms with van der Waals surface area (Å²) in [6, 6.07) is 23.2. The molecule has 0 fully saturated rings. The molecule has 0 saturated carbocycles. The number of carbonyl (C=O) groups excluding carboxylic acids is 1. The second-order valence-electron chi connectivity index (χ2n) is 7.52. The summed E-state index contributed by atoms with van der Waals surface area (Å²) in [4.78, 5) is 16.0. The molecule has 164 valence electrons. The Morgan fingerprint density at radius 3 is 2.66 bits per heavy atom. The van der Waals surface area contributed by atoms with Gasteiger partial charge in [-0.3, -0.25) is 4.79 Å². The van der Waals surface area contributed by atoms with Crippen molar-refractivity contribution in [3.63, 3.8) is 0 Å². The van der Waals surface area contributed by atoms with Crippen LogP contribution in [0.2, 0.25) is 5.02 Å². The molecule has 1 unspecified atom stereocenters. The van der Waals surface area contributed by atoms with Crippen molar-refractivity contribution < 1.29 is 14.3 Å². The van der Waals surface area contributed by atoms with Gasteiger partial charge in [-0.25, -0.2) is 0 Å². The number of benzene rings is 3. The first-order valence-corrected chi connectivity index (χ1v) is 10.9. The SMILES string of the molecule is COCCNC(=O)CC(c1cccc(Oc2ccccc2)c1)c1c[nH]c2ccc(Cl)cc12. The Kier molecular flexibility index (Phi) is 7.10. The van der Waals surface area contributed by atoms with E-state index in [2.05, 4.69) is 10.3 Å². The lowest BCUT2D eigenvalue weighted by Crippen LogP contribution is -2.28. The van der Waals surface area contributed by atoms with Crippen molar-refractivity contribution in [2.45, 2.75) is 12.3 Å². The van der Waals surface area contributed by atoms with E-state index >= 15 is 0 Å². The lowest BCUT2D eigenvalue weighted by Gasteiger charge is -2.18. The predicted octanol–water partition coefficient (Wildman–Crippen LogP) is 5.90. The average Bonchev–Trinajstić information content (AvgIpc) is 3.21. The lowest BCUT2D eigenvalue weighted by molar-refractivity contribution is -0.121. The van der Waals surface area contributed by atoms with Gasteiger partial charge in [-0.05, 0) is 53.6 Å². The zero-order valence-electron chi connectivity index (χ0n) is 17.8. The number of aromatic amines is 1. The van der Waals surface area contributed by atoms with Gasteiger partial charge in [-0.2, -0.15) is 0 Å². The van der Waals surface area contributed by atoms with Crippen molar-refractivity contribution in [3.8, 4) is 11.5 Å². The Morgan fingerprint density at radius 2 is 1.84 bits per heavy atom. The molecule has 0 radical (unpaired) electrons. The fourth-order valence-corrected chi connectivity index (χ4v) is 3.95. The molecular weight excluding hydrogens is 424 g/mol. The molecule has 0 bridgehead atoms. The van der Waals surface area contributed by atoms with Gasteiger partial charge >= 0.3 is 0 Å². The van der Waals surface area contributed by atoms with Crippen LogP contribution >= 0.6 is 11.6 Å². The van der Waals surface area contributed by atoms with E-state index < -0.39 is 0 Å². The number of halogens is 1. The zero-order valence-corrected chi connectivity index (χ0v) is 18.6. The summed E-state index contributed by atoms with van der Waals surface area (Å²) in [5, 5.41) is 4.59. The van der Waals surface area contributed by atoms with Crippen LogP contribution in [0.15, 0.2) is 79.0 Å². The van der Waals surface area contributed by atoms with E-state index in [0.29, 0.717) is 18.2 Å². The maximum Gasteiger partial charge on any atom is 0.221 e. The Hall–Kier alpha value is -3.28. The van der Waals surface area contributed by atoms with E-state index in [0.717, 1.165) is 33.5 Å². The number of ether oxygens (including phenoxy) is 2. The van der Waals surface area contributed by atoms with E-state index in [1.54, 1.807) is 7.11 Å². The minimum Gasteiger partial charge on any atom is -0.457 e. The first-order valence-electron chi connectivity index (χ1n) is 10.5. The summed E-state index contributed by atoms with van der Waals surface area (Å²) in [7, 11) is 1.61. The normalized spacial score (nSPS) is 11.9. The summed E-state index contributed by atoms with van der Waals surface area (Å²) < 4.78 is 11.1. The number of hydrogen-bond donors (Lipinski definition) is 2. The van der Waals surface area contributed by atoms with Crippen molar-refractivity contribution in [3.05, 3.63) is 95.1 Å². The molecule has 0 aliphatic rings. The van der Waals surface area contributed by atoms with Crippen LogP contribution in [0.25, 0.3) is 10.9 Å². The molecule has 3 aromatic carbocycles. The van der Waals surface area contributed by atoms with Gasteiger partial charge in [-0.15, -0.1) is 0 Å². The van der Waals surface area contributed by atoms with Crippen LogP contribution in [0, 0.1) is 0 Å². The minimum atomic E-state index is -0.177. The first-order chi connectivity index (χ1) is 15.6. The lowest BCUT2D eigenvalue weighted by atomic mass is 9.88. The maximum absolute atomic E-state index is 12.7. The van der Waals surface area contributed by atoms with Gasteiger partial charge in [0.05, 0.1) is 6.61 Å². The Labute approximate surface area is 192 Å². The molecule has 1 amide bonds. The van der Waals surface area contributed by atoms with E-state index in [-0.39, 0.29) is 18.2 Å². The molecular formula is C26H25ClN2O3. The number of methoxy groups -OCH3 is 1. The molecule has 4 aromatic rings. The highest BCUT2D eigenvalue weighted by Gasteiger charge is 2.22. The van der Waals surface area contributed by atoms with E-state index in [1.807, 2.05) is 79.0 Å². The molecule has 1 aromatic heterocycles. The van der Waals surface area contributed by atoms with Crippen LogP contribution in [0.5, 0.6) is 11.5 Å². The number of H-pyrrole nitrogens is 1. The molecule has 0 aliphatic heterocycles. The number of fused-ring (bicyclic) bond motifs is 1. The van der Waals surface area contributed by atoms with Crippen molar-refractivity contribution in [1.29, 1.82) is 0 Å². The van der Waals surface area contributed by atoms with Gasteiger partial charge in [0.1, 0.15) is 11.5 Å². The van der Waals surface area contributed by atoms with Crippen LogP contribution in [0.1, 0.15) is 23.5 Å².